The molecule has 0 saturated heterocycles. The quantitative estimate of drug-likeness (QED) is 0.543. The number of aromatic amines is 1. The van der Waals surface area contributed by atoms with Gasteiger partial charge in [-0.15, -0.1) is 0 Å². The fourth-order valence-corrected chi connectivity index (χ4v) is 1.41. The SMILES string of the molecule is O=C(O)CCCCNC(=O)Cn1ccc(=O)[nH]c1=O. The topological polar surface area (TPSA) is 121 Å². The van der Waals surface area contributed by atoms with Crippen LogP contribution in [0, 0.1) is 0 Å². The molecule has 0 spiro atoms. The normalized spacial score (nSPS) is 10.1. The van der Waals surface area contributed by atoms with E-state index in [-0.39, 0.29) is 18.9 Å². The number of carbonyl (C=O) groups excluding carboxylic acids is 1. The molecule has 3 N–H and O–H groups in total. The van der Waals surface area contributed by atoms with E-state index in [9.17, 15) is 19.2 Å². The zero-order valence-corrected chi connectivity index (χ0v) is 10.2. The van der Waals surface area contributed by atoms with Crippen LogP contribution in [-0.4, -0.2) is 33.1 Å². The smallest absolute Gasteiger partial charge is 0.328 e. The lowest BCUT2D eigenvalue weighted by Crippen LogP contribution is -2.35. The van der Waals surface area contributed by atoms with Gasteiger partial charge in [0.05, 0.1) is 0 Å². The van der Waals surface area contributed by atoms with Gasteiger partial charge in [0, 0.05) is 25.2 Å². The van der Waals surface area contributed by atoms with E-state index in [1.54, 1.807) is 0 Å². The summed E-state index contributed by atoms with van der Waals surface area (Å²) < 4.78 is 1.08. The number of hydrogen-bond donors (Lipinski definition) is 3. The lowest BCUT2D eigenvalue weighted by Gasteiger charge is -2.06. The molecule has 0 fully saturated rings. The number of hydrogen-bond acceptors (Lipinski definition) is 4. The minimum absolute atomic E-state index is 0.0647. The molecule has 1 amide bonds. The highest BCUT2D eigenvalue weighted by atomic mass is 16.4. The molecule has 0 aliphatic carbocycles. The summed E-state index contributed by atoms with van der Waals surface area (Å²) in [5.74, 6) is -1.24. The van der Waals surface area contributed by atoms with Crippen molar-refractivity contribution in [3.8, 4) is 0 Å². The molecule has 0 aliphatic heterocycles. The number of H-pyrrole nitrogens is 1. The number of amides is 1. The summed E-state index contributed by atoms with van der Waals surface area (Å²) in [6.45, 7) is 0.165. The molecule has 0 atom stereocenters. The van der Waals surface area contributed by atoms with Gasteiger partial charge in [-0.05, 0) is 12.8 Å². The molecule has 1 aromatic rings. The summed E-state index contributed by atoms with van der Waals surface area (Å²) in [7, 11) is 0. The molecule has 0 aliphatic rings. The van der Waals surface area contributed by atoms with Gasteiger partial charge >= 0.3 is 11.7 Å². The Balaban J connectivity index is 2.33. The number of carboxylic acids is 1. The summed E-state index contributed by atoms with van der Waals surface area (Å²) in [6.07, 6.45) is 2.34. The van der Waals surface area contributed by atoms with Gasteiger partial charge in [0.1, 0.15) is 6.54 Å². The fourth-order valence-electron chi connectivity index (χ4n) is 1.41. The molecule has 1 rings (SSSR count). The van der Waals surface area contributed by atoms with Gasteiger partial charge < -0.3 is 10.4 Å². The summed E-state index contributed by atoms with van der Waals surface area (Å²) in [6, 6.07) is 1.15. The van der Waals surface area contributed by atoms with Gasteiger partial charge in [0.25, 0.3) is 5.56 Å². The number of nitrogens with one attached hydrogen (secondary N) is 2. The number of nitrogens with zero attached hydrogens (tertiary/aromatic N) is 1. The van der Waals surface area contributed by atoms with Crippen LogP contribution in [0.1, 0.15) is 19.3 Å². The predicted molar refractivity (Wildman–Crippen MR) is 65.8 cm³/mol. The fraction of sp³-hybridized carbons (Fsp3) is 0.455. The Morgan fingerprint density at radius 2 is 2.05 bits per heavy atom. The van der Waals surface area contributed by atoms with Gasteiger partial charge in [-0.25, -0.2) is 4.79 Å². The number of rotatable bonds is 7. The van der Waals surface area contributed by atoms with Crippen molar-refractivity contribution in [2.75, 3.05) is 6.54 Å². The lowest BCUT2D eigenvalue weighted by molar-refractivity contribution is -0.137. The molecule has 8 nitrogen and oxygen atoms in total. The van der Waals surface area contributed by atoms with Gasteiger partial charge in [0.15, 0.2) is 0 Å². The molecule has 1 aromatic heterocycles. The summed E-state index contributed by atoms with van der Waals surface area (Å²) in [5.41, 5.74) is -1.16. The van der Waals surface area contributed by atoms with Crippen molar-refractivity contribution in [1.29, 1.82) is 0 Å². The maximum absolute atomic E-state index is 11.5. The summed E-state index contributed by atoms with van der Waals surface area (Å²) in [4.78, 5) is 45.9. The van der Waals surface area contributed by atoms with Crippen LogP contribution in [0.25, 0.3) is 0 Å². The predicted octanol–water partition coefficient (Wildman–Crippen LogP) is -1.09. The molecule has 1 heterocycles. The third kappa shape index (κ3) is 5.66. The first-order chi connectivity index (χ1) is 8.99. The molecular weight excluding hydrogens is 254 g/mol. The standard InChI is InChI=1S/C11H15N3O5/c15-8-4-6-14(11(19)13-8)7-9(16)12-5-2-1-3-10(17)18/h4,6H,1-3,5,7H2,(H,12,16)(H,17,18)(H,13,15,19). The van der Waals surface area contributed by atoms with Crippen LogP contribution in [0.4, 0.5) is 0 Å². The first-order valence-corrected chi connectivity index (χ1v) is 5.77. The van der Waals surface area contributed by atoms with Crippen molar-refractivity contribution in [2.45, 2.75) is 25.8 Å². The Morgan fingerprint density at radius 1 is 1.32 bits per heavy atom. The highest BCUT2D eigenvalue weighted by molar-refractivity contribution is 5.75. The second kappa shape index (κ2) is 7.14. The van der Waals surface area contributed by atoms with Crippen LogP contribution in [0.5, 0.6) is 0 Å². The molecule has 0 saturated carbocycles. The average molecular weight is 269 g/mol. The van der Waals surface area contributed by atoms with Crippen molar-refractivity contribution in [2.24, 2.45) is 0 Å². The molecule has 19 heavy (non-hydrogen) atoms. The van der Waals surface area contributed by atoms with Gasteiger partial charge in [0.2, 0.25) is 5.91 Å². The molecular formula is C11H15N3O5. The van der Waals surface area contributed by atoms with Crippen LogP contribution >= 0.6 is 0 Å². The molecule has 104 valence electrons. The summed E-state index contributed by atoms with van der Waals surface area (Å²) in [5, 5.41) is 11.0. The zero-order valence-electron chi connectivity index (χ0n) is 10.2. The summed E-state index contributed by atoms with van der Waals surface area (Å²) >= 11 is 0. The second-order valence-corrected chi connectivity index (χ2v) is 3.94. The Kier molecular flexibility index (Phi) is 5.52. The van der Waals surface area contributed by atoms with Gasteiger partial charge in [-0.1, -0.05) is 0 Å². The first-order valence-electron chi connectivity index (χ1n) is 5.77. The van der Waals surface area contributed by atoms with E-state index in [0.29, 0.717) is 19.4 Å². The Labute approximate surface area is 108 Å². The van der Waals surface area contributed by atoms with E-state index in [1.165, 1.54) is 6.20 Å². The van der Waals surface area contributed by atoms with Crippen molar-refractivity contribution in [3.63, 3.8) is 0 Å². The van der Waals surface area contributed by atoms with Gasteiger partial charge in [-0.2, -0.15) is 0 Å². The Bertz CT molecular complexity index is 560. The van der Waals surface area contributed by atoms with E-state index in [1.807, 2.05) is 4.98 Å². The highest BCUT2D eigenvalue weighted by Gasteiger charge is 2.04. The van der Waals surface area contributed by atoms with E-state index >= 15 is 0 Å². The molecule has 0 radical (unpaired) electrons. The van der Waals surface area contributed by atoms with E-state index in [0.717, 1.165) is 10.6 Å². The number of aliphatic carboxylic acids is 1. The monoisotopic (exact) mass is 269 g/mol. The van der Waals surface area contributed by atoms with E-state index in [4.69, 9.17) is 5.11 Å². The maximum Gasteiger partial charge on any atom is 0.328 e. The maximum atomic E-state index is 11.5. The third-order valence-corrected chi connectivity index (χ3v) is 2.35. The van der Waals surface area contributed by atoms with Crippen LogP contribution in [0.3, 0.4) is 0 Å². The number of carboxylic acid groups (broad SMARTS) is 1. The van der Waals surface area contributed by atoms with Crippen LogP contribution < -0.4 is 16.6 Å². The van der Waals surface area contributed by atoms with Crippen molar-refractivity contribution >= 4 is 11.9 Å². The molecule has 0 unspecified atom stereocenters. The largest absolute Gasteiger partial charge is 0.481 e. The minimum atomic E-state index is -0.869. The van der Waals surface area contributed by atoms with Crippen molar-refractivity contribution < 1.29 is 14.7 Å². The Morgan fingerprint density at radius 3 is 2.68 bits per heavy atom. The molecule has 0 bridgehead atoms. The number of carbonyl (C=O) groups is 2. The van der Waals surface area contributed by atoms with Crippen LogP contribution in [0.2, 0.25) is 0 Å². The van der Waals surface area contributed by atoms with Crippen molar-refractivity contribution in [1.82, 2.24) is 14.9 Å². The van der Waals surface area contributed by atoms with E-state index < -0.39 is 17.2 Å². The lowest BCUT2D eigenvalue weighted by atomic mass is 10.2. The Hall–Kier alpha value is -2.38. The zero-order chi connectivity index (χ0) is 14.3. The second-order valence-electron chi connectivity index (χ2n) is 3.94. The number of aromatic nitrogens is 2. The minimum Gasteiger partial charge on any atom is -0.481 e. The highest BCUT2D eigenvalue weighted by Crippen LogP contribution is 1.93. The molecule has 8 heteroatoms. The van der Waals surface area contributed by atoms with Crippen LogP contribution in [-0.2, 0) is 16.1 Å². The van der Waals surface area contributed by atoms with E-state index in [2.05, 4.69) is 5.32 Å². The first kappa shape index (κ1) is 14.7. The third-order valence-electron chi connectivity index (χ3n) is 2.35. The van der Waals surface area contributed by atoms with Gasteiger partial charge in [-0.3, -0.25) is 23.9 Å². The van der Waals surface area contributed by atoms with Crippen molar-refractivity contribution in [3.05, 3.63) is 33.1 Å². The molecule has 0 aromatic carbocycles. The number of unbranched alkanes of at least 4 members (excludes halogenated alkanes) is 1. The van der Waals surface area contributed by atoms with Crippen LogP contribution in [0.15, 0.2) is 21.9 Å². The average Bonchev–Trinajstić information content (AvgIpc) is 2.32.